The van der Waals surface area contributed by atoms with E-state index in [4.69, 9.17) is 14.9 Å². The predicted octanol–water partition coefficient (Wildman–Crippen LogP) is 4.22. The molecule has 2 aliphatic heterocycles. The van der Waals surface area contributed by atoms with Crippen molar-refractivity contribution >= 4 is 11.8 Å². The molecular weight excluding hydrogens is 416 g/mol. The number of para-hydroxylation sites is 1. The number of fused-ring (bicyclic) bond motifs is 4. The highest BCUT2D eigenvalue weighted by Gasteiger charge is 2.55. The number of carbonyl (C=O) groups is 2. The largest absolute Gasteiger partial charge is 0.469 e. The van der Waals surface area contributed by atoms with Crippen LogP contribution >= 0.6 is 0 Å². The molecule has 6 nitrogen and oxygen atoms in total. The normalized spacial score (nSPS) is 24.6. The van der Waals surface area contributed by atoms with E-state index in [9.17, 15) is 9.59 Å². The molecule has 0 radical (unpaired) electrons. The van der Waals surface area contributed by atoms with Crippen molar-refractivity contribution < 1.29 is 18.7 Å². The summed E-state index contributed by atoms with van der Waals surface area (Å²) in [6.07, 6.45) is 3.67. The number of hydrogen-bond donors (Lipinski definition) is 1. The first-order valence-electron chi connectivity index (χ1n) is 11.4. The Hall–Kier alpha value is -3.54. The highest BCUT2D eigenvalue weighted by Crippen LogP contribution is 2.50. The van der Waals surface area contributed by atoms with Gasteiger partial charge in [-0.05, 0) is 49.1 Å². The third-order valence-corrected chi connectivity index (χ3v) is 7.03. The molecule has 2 aliphatic rings. The number of piperidine rings is 1. The molecule has 2 N–H and O–H groups in total. The maximum atomic E-state index is 13.6. The molecule has 0 unspecified atom stereocenters. The van der Waals surface area contributed by atoms with E-state index in [0.29, 0.717) is 25.1 Å². The maximum absolute atomic E-state index is 13.6. The van der Waals surface area contributed by atoms with Crippen LogP contribution in [0.2, 0.25) is 0 Å². The molecule has 0 saturated carbocycles. The number of ether oxygens (including phenoxy) is 1. The van der Waals surface area contributed by atoms with Crippen molar-refractivity contribution in [2.45, 2.75) is 43.7 Å². The van der Waals surface area contributed by atoms with Gasteiger partial charge in [0.05, 0.1) is 6.26 Å². The highest BCUT2D eigenvalue weighted by molar-refractivity contribution is 6.01. The highest BCUT2D eigenvalue weighted by atomic mass is 16.5. The van der Waals surface area contributed by atoms with Gasteiger partial charge in [-0.2, -0.15) is 0 Å². The Morgan fingerprint density at radius 2 is 1.88 bits per heavy atom. The smallest absolute Gasteiger partial charge is 0.238 e. The van der Waals surface area contributed by atoms with E-state index in [2.05, 4.69) is 12.1 Å². The van der Waals surface area contributed by atoms with Crippen molar-refractivity contribution in [2.24, 2.45) is 11.7 Å². The third-order valence-electron chi connectivity index (χ3n) is 7.03. The van der Waals surface area contributed by atoms with Gasteiger partial charge in [-0.1, -0.05) is 48.5 Å². The Kier molecular flexibility index (Phi) is 5.44. The number of nitrogens with two attached hydrogens (primary N) is 1. The number of carbonyl (C=O) groups excluding carboxylic acids is 2. The lowest BCUT2D eigenvalue weighted by atomic mass is 9.73. The van der Waals surface area contributed by atoms with Crippen LogP contribution in [0.5, 0.6) is 5.75 Å². The number of hydrogen-bond acceptors (Lipinski definition) is 4. The quantitative estimate of drug-likeness (QED) is 0.553. The fourth-order valence-electron chi connectivity index (χ4n) is 5.43. The SMILES string of the molecule is C[C@@]12C[C@@H](c3ccccc3O1)[C@H](C(N)=O)C(=O)N2CC[C@@H](Cc1ccccc1)c1ccco1. The predicted molar refractivity (Wildman–Crippen MR) is 123 cm³/mol. The van der Waals surface area contributed by atoms with E-state index >= 15 is 0 Å². The first-order chi connectivity index (χ1) is 16.0. The Labute approximate surface area is 193 Å². The van der Waals surface area contributed by atoms with Crippen LogP contribution < -0.4 is 10.5 Å². The van der Waals surface area contributed by atoms with Gasteiger partial charge in [-0.25, -0.2) is 0 Å². The van der Waals surface area contributed by atoms with Gasteiger partial charge in [0, 0.05) is 24.8 Å². The summed E-state index contributed by atoms with van der Waals surface area (Å²) in [6.45, 7) is 2.37. The van der Waals surface area contributed by atoms with Crippen molar-refractivity contribution in [1.82, 2.24) is 4.90 Å². The lowest BCUT2D eigenvalue weighted by Gasteiger charge is -2.52. The molecule has 0 spiro atoms. The zero-order chi connectivity index (χ0) is 23.0. The Morgan fingerprint density at radius 1 is 1.12 bits per heavy atom. The maximum Gasteiger partial charge on any atom is 0.238 e. The molecule has 1 aromatic heterocycles. The molecule has 4 atom stereocenters. The monoisotopic (exact) mass is 444 g/mol. The fraction of sp³-hybridized carbons (Fsp3) is 0.333. The molecule has 33 heavy (non-hydrogen) atoms. The summed E-state index contributed by atoms with van der Waals surface area (Å²) in [5.74, 6) is -0.320. The number of rotatable bonds is 7. The molecule has 6 heteroatoms. The molecule has 0 aliphatic carbocycles. The summed E-state index contributed by atoms with van der Waals surface area (Å²) in [5, 5.41) is 0. The number of nitrogens with zero attached hydrogens (tertiary/aromatic N) is 1. The van der Waals surface area contributed by atoms with Crippen molar-refractivity contribution in [3.05, 3.63) is 89.9 Å². The van der Waals surface area contributed by atoms with Crippen molar-refractivity contribution in [3.63, 3.8) is 0 Å². The topological polar surface area (TPSA) is 85.8 Å². The van der Waals surface area contributed by atoms with Gasteiger partial charge in [0.15, 0.2) is 5.72 Å². The van der Waals surface area contributed by atoms with Crippen molar-refractivity contribution in [1.29, 1.82) is 0 Å². The van der Waals surface area contributed by atoms with E-state index in [0.717, 1.165) is 17.7 Å². The summed E-state index contributed by atoms with van der Waals surface area (Å²) in [7, 11) is 0. The summed E-state index contributed by atoms with van der Waals surface area (Å²) >= 11 is 0. The average Bonchev–Trinajstić information content (AvgIpc) is 3.33. The van der Waals surface area contributed by atoms with Gasteiger partial charge in [0.2, 0.25) is 11.8 Å². The standard InChI is InChI=1S/C27H28N2O4/c1-27-17-21(20-10-5-6-11-23(20)33-27)24(25(28)30)26(31)29(27)14-13-19(22-12-7-15-32-22)16-18-8-3-2-4-9-18/h2-12,15,19,21,24H,13-14,16-17H2,1H3,(H2,28,30)/t19-,21-,24+,27-/m0/s1. The van der Waals surface area contributed by atoms with Crippen LogP contribution in [0.25, 0.3) is 0 Å². The molecule has 3 aromatic rings. The summed E-state index contributed by atoms with van der Waals surface area (Å²) < 4.78 is 12.1. The van der Waals surface area contributed by atoms with Crippen LogP contribution in [0.4, 0.5) is 0 Å². The number of furan rings is 1. The lowest BCUT2D eigenvalue weighted by molar-refractivity contribution is -0.175. The van der Waals surface area contributed by atoms with Gasteiger partial charge in [-0.3, -0.25) is 9.59 Å². The minimum absolute atomic E-state index is 0.0828. The lowest BCUT2D eigenvalue weighted by Crippen LogP contribution is -2.64. The molecule has 5 rings (SSSR count). The zero-order valence-electron chi connectivity index (χ0n) is 18.6. The Balaban J connectivity index is 1.43. The first kappa shape index (κ1) is 21.3. The van der Waals surface area contributed by atoms with E-state index in [1.54, 1.807) is 11.2 Å². The minimum atomic E-state index is -0.890. The van der Waals surface area contributed by atoms with Crippen LogP contribution in [0.1, 0.15) is 48.5 Å². The molecule has 1 fully saturated rings. The number of likely N-dealkylation sites (tertiary alicyclic amines) is 1. The third kappa shape index (κ3) is 3.90. The van der Waals surface area contributed by atoms with Crippen LogP contribution in [0, 0.1) is 5.92 Å². The molecule has 2 bridgehead atoms. The first-order valence-corrected chi connectivity index (χ1v) is 11.4. The molecular formula is C27H28N2O4. The Bertz CT molecular complexity index is 1140. The fourth-order valence-corrected chi connectivity index (χ4v) is 5.43. The number of primary amides is 1. The zero-order valence-corrected chi connectivity index (χ0v) is 18.6. The second kappa shape index (κ2) is 8.43. The molecule has 170 valence electrons. The summed E-state index contributed by atoms with van der Waals surface area (Å²) in [4.78, 5) is 27.7. The van der Waals surface area contributed by atoms with Crippen molar-refractivity contribution in [2.75, 3.05) is 6.54 Å². The second-order valence-electron chi connectivity index (χ2n) is 9.19. The number of benzene rings is 2. The van der Waals surface area contributed by atoms with Gasteiger partial charge in [0.1, 0.15) is 17.4 Å². The molecule has 2 amide bonds. The van der Waals surface area contributed by atoms with Gasteiger partial charge >= 0.3 is 0 Å². The average molecular weight is 445 g/mol. The number of amides is 2. The molecule has 1 saturated heterocycles. The molecule has 2 aromatic carbocycles. The van der Waals surface area contributed by atoms with Gasteiger partial charge in [-0.15, -0.1) is 0 Å². The van der Waals surface area contributed by atoms with Crippen LogP contribution in [-0.2, 0) is 16.0 Å². The summed E-state index contributed by atoms with van der Waals surface area (Å²) in [6, 6.07) is 21.7. The van der Waals surface area contributed by atoms with E-state index in [1.165, 1.54) is 5.56 Å². The minimum Gasteiger partial charge on any atom is -0.469 e. The second-order valence-corrected chi connectivity index (χ2v) is 9.19. The van der Waals surface area contributed by atoms with E-state index in [-0.39, 0.29) is 17.7 Å². The molecule has 3 heterocycles. The Morgan fingerprint density at radius 3 is 2.61 bits per heavy atom. The van der Waals surface area contributed by atoms with Crippen LogP contribution in [-0.4, -0.2) is 29.0 Å². The van der Waals surface area contributed by atoms with Crippen LogP contribution in [0.3, 0.4) is 0 Å². The van der Waals surface area contributed by atoms with Gasteiger partial charge < -0.3 is 19.8 Å². The summed E-state index contributed by atoms with van der Waals surface area (Å²) in [5.41, 5.74) is 7.00. The van der Waals surface area contributed by atoms with E-state index in [1.807, 2.05) is 61.5 Å². The van der Waals surface area contributed by atoms with Crippen LogP contribution in [0.15, 0.2) is 77.4 Å². The van der Waals surface area contributed by atoms with Gasteiger partial charge in [0.25, 0.3) is 0 Å². The van der Waals surface area contributed by atoms with E-state index < -0.39 is 17.6 Å². The van der Waals surface area contributed by atoms with Crippen molar-refractivity contribution in [3.8, 4) is 5.75 Å².